The number of hydrogen-bond acceptors (Lipinski definition) is 4. The van der Waals surface area contributed by atoms with Crippen LogP contribution in [0.2, 0.25) is 0 Å². The molecule has 0 aliphatic carbocycles. The van der Waals surface area contributed by atoms with Crippen LogP contribution >= 0.6 is 0 Å². The summed E-state index contributed by atoms with van der Waals surface area (Å²) < 4.78 is 22.7. The molecular formula is C52H46FN4OPt-3. The predicted molar refractivity (Wildman–Crippen MR) is 236 cm³/mol. The zero-order valence-electron chi connectivity index (χ0n) is 34.3. The first-order valence-corrected chi connectivity index (χ1v) is 20.0. The molecule has 6 aromatic carbocycles. The largest absolute Gasteiger partial charge is 0.509 e. The van der Waals surface area contributed by atoms with E-state index in [2.05, 4.69) is 167 Å². The Morgan fingerprint density at radius 3 is 2.02 bits per heavy atom. The molecule has 0 N–H and O–H groups in total. The van der Waals surface area contributed by atoms with E-state index >= 15 is 0 Å². The Labute approximate surface area is 361 Å². The Morgan fingerprint density at radius 1 is 0.661 bits per heavy atom. The number of anilines is 4. The van der Waals surface area contributed by atoms with Gasteiger partial charge < -0.3 is 19.1 Å². The van der Waals surface area contributed by atoms with E-state index < -0.39 is 0 Å². The quantitative estimate of drug-likeness (QED) is 0.142. The third kappa shape index (κ3) is 7.44. The van der Waals surface area contributed by atoms with Crippen molar-refractivity contribution in [1.29, 1.82) is 0 Å². The number of aromatic nitrogens is 2. The average Bonchev–Trinajstić information content (AvgIpc) is 3.76. The minimum absolute atomic E-state index is 0. The fourth-order valence-electron chi connectivity index (χ4n) is 8.06. The summed E-state index contributed by atoms with van der Waals surface area (Å²) in [6.07, 6.45) is 1.89. The molecule has 0 amide bonds. The first-order chi connectivity index (χ1) is 27.9. The van der Waals surface area contributed by atoms with Crippen molar-refractivity contribution in [3.8, 4) is 28.4 Å². The number of fused-ring (bicyclic) bond motifs is 4. The second-order valence-electron chi connectivity index (χ2n) is 16.8. The molecule has 59 heavy (non-hydrogen) atoms. The van der Waals surface area contributed by atoms with Crippen LogP contribution in [0.5, 0.6) is 11.5 Å². The smallest absolute Gasteiger partial charge is 0.135 e. The third-order valence-electron chi connectivity index (χ3n) is 11.1. The van der Waals surface area contributed by atoms with Crippen LogP contribution in [0.15, 0.2) is 134 Å². The first kappa shape index (κ1) is 40.1. The van der Waals surface area contributed by atoms with Crippen molar-refractivity contribution >= 4 is 44.6 Å². The van der Waals surface area contributed by atoms with Gasteiger partial charge in [-0.1, -0.05) is 96.4 Å². The predicted octanol–water partition coefficient (Wildman–Crippen LogP) is 14.3. The Bertz CT molecular complexity index is 2790. The molecule has 9 rings (SSSR count). The van der Waals surface area contributed by atoms with Gasteiger partial charge in [-0.25, -0.2) is 9.37 Å². The van der Waals surface area contributed by atoms with E-state index in [-0.39, 0.29) is 44.1 Å². The van der Waals surface area contributed by atoms with E-state index in [0.717, 1.165) is 55.8 Å². The van der Waals surface area contributed by atoms with Gasteiger partial charge in [0.05, 0.1) is 0 Å². The number of para-hydroxylation sites is 3. The molecule has 0 fully saturated rings. The Hall–Kier alpha value is -5.71. The fraction of sp³-hybridized carbons (Fsp3) is 0.192. The summed E-state index contributed by atoms with van der Waals surface area (Å²) in [5.74, 6) is 2.25. The van der Waals surface area contributed by atoms with Crippen LogP contribution in [0, 0.1) is 24.6 Å². The number of nitrogens with zero attached hydrogens (tertiary/aromatic N) is 4. The van der Waals surface area contributed by atoms with Gasteiger partial charge in [-0.15, -0.1) is 48.1 Å². The molecule has 1 aliphatic rings. The molecule has 0 radical (unpaired) electrons. The average molecular weight is 957 g/mol. The van der Waals surface area contributed by atoms with Gasteiger partial charge in [0.15, 0.2) is 0 Å². The molecular weight excluding hydrogens is 911 g/mol. The minimum atomic E-state index is -0.235. The van der Waals surface area contributed by atoms with E-state index in [0.29, 0.717) is 11.5 Å². The van der Waals surface area contributed by atoms with Crippen molar-refractivity contribution in [3.05, 3.63) is 175 Å². The van der Waals surface area contributed by atoms with E-state index in [9.17, 15) is 4.39 Å². The number of halogens is 1. The van der Waals surface area contributed by atoms with Gasteiger partial charge >= 0.3 is 0 Å². The zero-order chi connectivity index (χ0) is 40.3. The van der Waals surface area contributed by atoms with Crippen LogP contribution < -0.4 is 14.5 Å². The molecule has 0 bridgehead atoms. The maximum atomic E-state index is 13.9. The second kappa shape index (κ2) is 15.8. The third-order valence-corrected chi connectivity index (χ3v) is 11.1. The molecule has 0 saturated carbocycles. The van der Waals surface area contributed by atoms with Gasteiger partial charge in [0.1, 0.15) is 11.6 Å². The molecule has 8 aromatic rings. The maximum Gasteiger partial charge on any atom is 0.135 e. The molecule has 0 atom stereocenters. The van der Waals surface area contributed by atoms with Crippen LogP contribution in [-0.4, -0.2) is 9.55 Å². The van der Waals surface area contributed by atoms with Crippen molar-refractivity contribution in [3.63, 3.8) is 0 Å². The van der Waals surface area contributed by atoms with E-state index in [4.69, 9.17) is 9.72 Å². The number of hydrogen-bond donors (Lipinski definition) is 0. The van der Waals surface area contributed by atoms with Gasteiger partial charge in [0, 0.05) is 61.3 Å². The Kier molecular flexibility index (Phi) is 10.7. The first-order valence-electron chi connectivity index (χ1n) is 20.0. The molecule has 0 saturated heterocycles. The number of ether oxygens (including phenoxy) is 1. The Balaban J connectivity index is 0.00000484. The molecule has 0 spiro atoms. The number of benzene rings is 6. The van der Waals surface area contributed by atoms with E-state index in [1.165, 1.54) is 34.5 Å². The summed E-state index contributed by atoms with van der Waals surface area (Å²) in [7, 11) is 0. The summed E-state index contributed by atoms with van der Waals surface area (Å²) in [5, 5.41) is 2.22. The van der Waals surface area contributed by atoms with Gasteiger partial charge in [-0.05, 0) is 105 Å². The monoisotopic (exact) mass is 956 g/mol. The van der Waals surface area contributed by atoms with Crippen molar-refractivity contribution < 1.29 is 30.2 Å². The van der Waals surface area contributed by atoms with Gasteiger partial charge in [0.2, 0.25) is 0 Å². The summed E-state index contributed by atoms with van der Waals surface area (Å²) in [4.78, 5) is 9.33. The second-order valence-corrected chi connectivity index (χ2v) is 16.8. The Morgan fingerprint density at radius 2 is 1.32 bits per heavy atom. The molecule has 0 unspecified atom stereocenters. The van der Waals surface area contributed by atoms with Gasteiger partial charge in [-0.3, -0.25) is 0 Å². The molecule has 7 heteroatoms. The van der Waals surface area contributed by atoms with Crippen LogP contribution in [0.1, 0.15) is 77.0 Å². The van der Waals surface area contributed by atoms with Crippen molar-refractivity contribution in [1.82, 2.24) is 9.55 Å². The maximum absolute atomic E-state index is 13.9. The minimum Gasteiger partial charge on any atom is -0.509 e. The number of pyridine rings is 1. The summed E-state index contributed by atoms with van der Waals surface area (Å²) in [6.45, 7) is 17.8. The van der Waals surface area contributed by atoms with E-state index in [1.54, 1.807) is 0 Å². The van der Waals surface area contributed by atoms with Crippen LogP contribution in [0.25, 0.3) is 38.8 Å². The van der Waals surface area contributed by atoms with Crippen LogP contribution in [0.4, 0.5) is 27.1 Å². The van der Waals surface area contributed by atoms with Crippen LogP contribution in [0.3, 0.4) is 0 Å². The molecule has 300 valence electrons. The van der Waals surface area contributed by atoms with Crippen LogP contribution in [-0.2, 0) is 26.5 Å². The SMILES string of the molecule is CC(C)c1cc(-c2ccc(F)cc2)cc(C(C)C)c1N1[CH-]N(c2[c-]c(Oc3[c-]c4c(cc3)c3ccccc3n4-c3cc(C(C)(C)C)ccn3)ccc2)c2ccccc21.[Pt]. The van der Waals surface area contributed by atoms with Crippen molar-refractivity contribution in [2.24, 2.45) is 0 Å². The molecule has 3 heterocycles. The summed E-state index contributed by atoms with van der Waals surface area (Å²) in [6, 6.07) is 49.8. The van der Waals surface area contributed by atoms with Gasteiger partial charge in [-0.2, -0.15) is 12.1 Å². The van der Waals surface area contributed by atoms with Gasteiger partial charge in [0.25, 0.3) is 0 Å². The fourth-order valence-corrected chi connectivity index (χ4v) is 8.06. The van der Waals surface area contributed by atoms with Crippen molar-refractivity contribution in [2.45, 2.75) is 65.7 Å². The van der Waals surface area contributed by atoms with Crippen molar-refractivity contribution in [2.75, 3.05) is 9.80 Å². The van der Waals surface area contributed by atoms with E-state index in [1.807, 2.05) is 36.5 Å². The summed E-state index contributed by atoms with van der Waals surface area (Å²) >= 11 is 0. The summed E-state index contributed by atoms with van der Waals surface area (Å²) in [5.41, 5.74) is 11.8. The molecule has 2 aromatic heterocycles. The standard InChI is InChI=1S/C52H46FN4O.Pt/c1-33(2)44-27-36(35-19-21-38(53)22-20-35)28-45(34(3)4)51(44)56-32-55(47-17-10-11-18-48(47)56)39-13-12-14-40(30-39)58-41-23-24-43-42-15-8-9-16-46(42)57(49(43)31-41)50-29-37(25-26-54-50)52(5,6)7;/h8-29,32-34H,1-7H3;/q-3;. The topological polar surface area (TPSA) is 33.5 Å². The number of rotatable bonds is 8. The molecule has 1 aliphatic heterocycles. The normalized spacial score (nSPS) is 12.8. The molecule has 5 nitrogen and oxygen atoms in total. The zero-order valence-corrected chi connectivity index (χ0v) is 36.6.